The zero-order valence-corrected chi connectivity index (χ0v) is 10.2. The third-order valence-electron chi connectivity index (χ3n) is 2.72. The van der Waals surface area contributed by atoms with Crippen LogP contribution in [0.25, 0.3) is 10.9 Å². The van der Waals surface area contributed by atoms with E-state index in [1.54, 1.807) is 0 Å². The van der Waals surface area contributed by atoms with Gasteiger partial charge in [-0.25, -0.2) is 0 Å². The molecular weight excluding hydrogens is 226 g/mol. The molecule has 0 saturated carbocycles. The molecule has 2 aromatic carbocycles. The number of rotatable bonds is 3. The zero-order valence-electron chi connectivity index (χ0n) is 9.39. The van der Waals surface area contributed by atoms with E-state index in [9.17, 15) is 0 Å². The SMILES string of the molecule is c1ccc(SCc2cc3ccccc3[nH]2)cc1. The van der Waals surface area contributed by atoms with E-state index in [4.69, 9.17) is 0 Å². The Morgan fingerprint density at radius 2 is 1.65 bits per heavy atom. The molecule has 1 heterocycles. The molecule has 0 aliphatic rings. The molecule has 3 aromatic rings. The van der Waals surface area contributed by atoms with Crippen molar-refractivity contribution in [2.45, 2.75) is 10.6 Å². The van der Waals surface area contributed by atoms with Crippen molar-refractivity contribution >= 4 is 22.7 Å². The summed E-state index contributed by atoms with van der Waals surface area (Å²) in [4.78, 5) is 4.76. The lowest BCUT2D eigenvalue weighted by Gasteiger charge is -1.98. The molecule has 0 amide bonds. The highest BCUT2D eigenvalue weighted by Gasteiger charge is 2.00. The highest BCUT2D eigenvalue weighted by atomic mass is 32.2. The number of para-hydroxylation sites is 1. The lowest BCUT2D eigenvalue weighted by molar-refractivity contribution is 1.26. The number of H-pyrrole nitrogens is 1. The third-order valence-corrected chi connectivity index (χ3v) is 3.78. The van der Waals surface area contributed by atoms with Crippen LogP contribution in [0.4, 0.5) is 0 Å². The maximum absolute atomic E-state index is 3.44. The molecule has 17 heavy (non-hydrogen) atoms. The normalized spacial score (nSPS) is 10.8. The summed E-state index contributed by atoms with van der Waals surface area (Å²) in [6.07, 6.45) is 0. The van der Waals surface area contributed by atoms with E-state index in [1.807, 2.05) is 17.8 Å². The monoisotopic (exact) mass is 239 g/mol. The van der Waals surface area contributed by atoms with E-state index in [-0.39, 0.29) is 0 Å². The fourth-order valence-corrected chi connectivity index (χ4v) is 2.72. The van der Waals surface area contributed by atoms with Crippen LogP contribution in [0.15, 0.2) is 65.6 Å². The first-order valence-corrected chi connectivity index (χ1v) is 6.65. The number of hydrogen-bond donors (Lipinski definition) is 1. The van der Waals surface area contributed by atoms with E-state index < -0.39 is 0 Å². The van der Waals surface area contributed by atoms with Crippen LogP contribution >= 0.6 is 11.8 Å². The molecule has 3 rings (SSSR count). The third kappa shape index (κ3) is 2.37. The van der Waals surface area contributed by atoms with E-state index >= 15 is 0 Å². The molecule has 0 bridgehead atoms. The molecule has 0 atom stereocenters. The van der Waals surface area contributed by atoms with Crippen LogP contribution in [0.5, 0.6) is 0 Å². The molecule has 1 aromatic heterocycles. The Balaban J connectivity index is 1.77. The highest BCUT2D eigenvalue weighted by molar-refractivity contribution is 7.98. The van der Waals surface area contributed by atoms with Gasteiger partial charge in [0.05, 0.1) is 0 Å². The summed E-state index contributed by atoms with van der Waals surface area (Å²) < 4.78 is 0. The first-order chi connectivity index (χ1) is 8.42. The Morgan fingerprint density at radius 3 is 2.47 bits per heavy atom. The molecule has 0 unspecified atom stereocenters. The Hall–Kier alpha value is -1.67. The van der Waals surface area contributed by atoms with Crippen LogP contribution in [-0.2, 0) is 5.75 Å². The van der Waals surface area contributed by atoms with E-state index in [0.717, 1.165) is 5.75 Å². The van der Waals surface area contributed by atoms with Gasteiger partial charge in [0.25, 0.3) is 0 Å². The minimum atomic E-state index is 0.985. The maximum Gasteiger partial charge on any atom is 0.0456 e. The Labute approximate surface area is 105 Å². The fourth-order valence-electron chi connectivity index (χ4n) is 1.89. The molecule has 1 N–H and O–H groups in total. The van der Waals surface area contributed by atoms with Gasteiger partial charge in [-0.05, 0) is 29.7 Å². The number of thioether (sulfide) groups is 1. The number of aromatic amines is 1. The number of benzene rings is 2. The Bertz CT molecular complexity index is 580. The zero-order chi connectivity index (χ0) is 11.5. The second-order valence-corrected chi connectivity index (χ2v) is 5.03. The van der Waals surface area contributed by atoms with Crippen molar-refractivity contribution in [3.63, 3.8) is 0 Å². The van der Waals surface area contributed by atoms with Crippen LogP contribution < -0.4 is 0 Å². The summed E-state index contributed by atoms with van der Waals surface area (Å²) in [7, 11) is 0. The fraction of sp³-hybridized carbons (Fsp3) is 0.0667. The van der Waals surface area contributed by atoms with Gasteiger partial charge < -0.3 is 4.98 Å². The summed E-state index contributed by atoms with van der Waals surface area (Å²) in [6, 6.07) is 21.1. The molecule has 2 heteroatoms. The van der Waals surface area contributed by atoms with Gasteiger partial charge in [0.15, 0.2) is 0 Å². The van der Waals surface area contributed by atoms with Gasteiger partial charge in [0.1, 0.15) is 0 Å². The topological polar surface area (TPSA) is 15.8 Å². The Kier molecular flexibility index (Phi) is 2.88. The number of aromatic nitrogens is 1. The summed E-state index contributed by atoms with van der Waals surface area (Å²) in [5, 5.41) is 1.29. The smallest absolute Gasteiger partial charge is 0.0456 e. The van der Waals surface area contributed by atoms with Crippen molar-refractivity contribution in [2.75, 3.05) is 0 Å². The van der Waals surface area contributed by atoms with Crippen molar-refractivity contribution in [2.24, 2.45) is 0 Å². The molecule has 0 fully saturated rings. The Morgan fingerprint density at radius 1 is 0.882 bits per heavy atom. The average Bonchev–Trinajstić information content (AvgIpc) is 2.80. The molecular formula is C15H13NS. The van der Waals surface area contributed by atoms with Gasteiger partial charge in [-0.3, -0.25) is 0 Å². The van der Waals surface area contributed by atoms with Gasteiger partial charge in [-0.1, -0.05) is 36.4 Å². The minimum Gasteiger partial charge on any atom is -0.358 e. The van der Waals surface area contributed by atoms with Crippen LogP contribution in [0.1, 0.15) is 5.69 Å². The molecule has 0 aliphatic heterocycles. The minimum absolute atomic E-state index is 0.985. The summed E-state index contributed by atoms with van der Waals surface area (Å²) in [5.41, 5.74) is 2.50. The second-order valence-electron chi connectivity index (χ2n) is 3.98. The standard InChI is InChI=1S/C15H13NS/c1-2-7-14(8-3-1)17-11-13-10-12-6-4-5-9-15(12)16-13/h1-10,16H,11H2. The number of hydrogen-bond acceptors (Lipinski definition) is 1. The van der Waals surface area contributed by atoms with Gasteiger partial charge in [0, 0.05) is 21.9 Å². The van der Waals surface area contributed by atoms with Crippen LogP contribution in [0.2, 0.25) is 0 Å². The summed E-state index contributed by atoms with van der Waals surface area (Å²) >= 11 is 1.86. The lowest BCUT2D eigenvalue weighted by Crippen LogP contribution is -1.79. The maximum atomic E-state index is 3.44. The van der Waals surface area contributed by atoms with Crippen molar-refractivity contribution in [3.05, 3.63) is 66.4 Å². The predicted molar refractivity (Wildman–Crippen MR) is 74.3 cm³/mol. The van der Waals surface area contributed by atoms with Gasteiger partial charge >= 0.3 is 0 Å². The quantitative estimate of drug-likeness (QED) is 0.667. The van der Waals surface area contributed by atoms with E-state index in [0.29, 0.717) is 0 Å². The van der Waals surface area contributed by atoms with Crippen molar-refractivity contribution in [1.82, 2.24) is 4.98 Å². The van der Waals surface area contributed by atoms with Gasteiger partial charge in [0.2, 0.25) is 0 Å². The molecule has 0 radical (unpaired) electrons. The predicted octanol–water partition coefficient (Wildman–Crippen LogP) is 4.46. The van der Waals surface area contributed by atoms with Gasteiger partial charge in [-0.2, -0.15) is 0 Å². The molecule has 84 valence electrons. The van der Waals surface area contributed by atoms with Crippen molar-refractivity contribution in [1.29, 1.82) is 0 Å². The van der Waals surface area contributed by atoms with Gasteiger partial charge in [-0.15, -0.1) is 11.8 Å². The largest absolute Gasteiger partial charge is 0.358 e. The number of fused-ring (bicyclic) bond motifs is 1. The summed E-state index contributed by atoms with van der Waals surface area (Å²) in [6.45, 7) is 0. The molecule has 0 aliphatic carbocycles. The van der Waals surface area contributed by atoms with E-state index in [2.05, 4.69) is 59.6 Å². The lowest BCUT2D eigenvalue weighted by atomic mass is 10.2. The first-order valence-electron chi connectivity index (χ1n) is 5.66. The molecule has 0 saturated heterocycles. The van der Waals surface area contributed by atoms with Crippen LogP contribution in [0, 0.1) is 0 Å². The molecule has 0 spiro atoms. The van der Waals surface area contributed by atoms with Crippen molar-refractivity contribution < 1.29 is 0 Å². The van der Waals surface area contributed by atoms with Crippen molar-refractivity contribution in [3.8, 4) is 0 Å². The van der Waals surface area contributed by atoms with Crippen LogP contribution in [-0.4, -0.2) is 4.98 Å². The van der Waals surface area contributed by atoms with E-state index in [1.165, 1.54) is 21.5 Å². The average molecular weight is 239 g/mol. The number of nitrogens with one attached hydrogen (secondary N) is 1. The van der Waals surface area contributed by atoms with Crippen LogP contribution in [0.3, 0.4) is 0 Å². The highest BCUT2D eigenvalue weighted by Crippen LogP contribution is 2.24. The molecule has 1 nitrogen and oxygen atoms in total. The second kappa shape index (κ2) is 4.68. The summed E-state index contributed by atoms with van der Waals surface area (Å²) in [5.74, 6) is 0.985. The first kappa shape index (κ1) is 10.5.